The number of fused-ring (bicyclic) bond motifs is 1. The quantitative estimate of drug-likeness (QED) is 0.463. The fraction of sp³-hybridized carbons (Fsp3) is 0.111. The van der Waals surface area contributed by atoms with E-state index in [1.807, 2.05) is 85.8 Å². The molecule has 2 N–H and O–H groups in total. The Morgan fingerprint density at radius 3 is 2.32 bits per heavy atom. The lowest BCUT2D eigenvalue weighted by molar-refractivity contribution is 0.414. The molecule has 1 aliphatic rings. The highest BCUT2D eigenvalue weighted by Gasteiger charge is 2.37. The number of aryl methyl sites for hydroxylation is 1. The minimum atomic E-state index is -0.508. The van der Waals surface area contributed by atoms with Gasteiger partial charge in [-0.2, -0.15) is 5.26 Å². The molecule has 1 aliphatic heterocycles. The first kappa shape index (κ1) is 21.7. The van der Waals surface area contributed by atoms with Crippen LogP contribution in [0.4, 0.5) is 0 Å². The van der Waals surface area contributed by atoms with E-state index in [9.17, 15) is 10.1 Å². The van der Waals surface area contributed by atoms with Crippen LogP contribution in [-0.2, 0) is 0 Å². The lowest BCUT2D eigenvalue weighted by Crippen LogP contribution is -2.24. The Hall–Kier alpha value is -4.15. The normalized spacial score (nSPS) is 15.0. The number of rotatable bonds is 4. The Labute approximate surface area is 201 Å². The van der Waals surface area contributed by atoms with Gasteiger partial charge in [0.25, 0.3) is 0 Å². The first-order chi connectivity index (χ1) is 16.5. The van der Waals surface area contributed by atoms with Gasteiger partial charge in [0, 0.05) is 0 Å². The first-order valence-corrected chi connectivity index (χ1v) is 11.6. The maximum atomic E-state index is 14.0. The number of methoxy groups -OCH3 is 1. The van der Waals surface area contributed by atoms with Gasteiger partial charge in [0.2, 0.25) is 0 Å². The van der Waals surface area contributed by atoms with Gasteiger partial charge < -0.3 is 10.5 Å². The standard InChI is InChI=1S/C27H22N4O2S/c1-17-7-6-10-20(15-17)31-26-24(30(27(31)32)19-8-4-3-5-9-19)23(22(16-28)25(29)34-26)18-11-13-21(33-2)14-12-18/h3-15,23H,29H2,1-2H3. The third-order valence-corrected chi connectivity index (χ3v) is 6.95. The second-order valence-electron chi connectivity index (χ2n) is 8.02. The van der Waals surface area contributed by atoms with Crippen LogP contribution in [0.2, 0.25) is 0 Å². The summed E-state index contributed by atoms with van der Waals surface area (Å²) < 4.78 is 8.71. The molecular weight excluding hydrogens is 444 g/mol. The number of nitriles is 1. The van der Waals surface area contributed by atoms with Crippen LogP contribution in [0.3, 0.4) is 0 Å². The molecule has 0 bridgehead atoms. The van der Waals surface area contributed by atoms with Crippen molar-refractivity contribution in [1.29, 1.82) is 5.26 Å². The number of imidazole rings is 1. The molecule has 0 saturated carbocycles. The minimum absolute atomic E-state index is 0.209. The maximum Gasteiger partial charge on any atom is 0.338 e. The highest BCUT2D eigenvalue weighted by Crippen LogP contribution is 2.47. The fourth-order valence-electron chi connectivity index (χ4n) is 4.35. The highest BCUT2D eigenvalue weighted by atomic mass is 32.2. The summed E-state index contributed by atoms with van der Waals surface area (Å²) in [5.41, 5.74) is 10.8. The van der Waals surface area contributed by atoms with Crippen molar-refractivity contribution in [2.45, 2.75) is 17.9 Å². The molecular formula is C27H22N4O2S. The molecule has 3 aromatic carbocycles. The number of para-hydroxylation sites is 1. The molecule has 168 valence electrons. The number of allylic oxidation sites excluding steroid dienone is 1. The second-order valence-corrected chi connectivity index (χ2v) is 9.05. The van der Waals surface area contributed by atoms with Crippen LogP contribution in [0.25, 0.3) is 11.4 Å². The molecule has 0 amide bonds. The van der Waals surface area contributed by atoms with Crippen LogP contribution in [0.1, 0.15) is 22.7 Å². The number of ether oxygens (including phenoxy) is 1. The Balaban J connectivity index is 1.87. The molecule has 6 nitrogen and oxygen atoms in total. The van der Waals surface area contributed by atoms with Gasteiger partial charge in [-0.15, -0.1) is 0 Å². The first-order valence-electron chi connectivity index (χ1n) is 10.7. The van der Waals surface area contributed by atoms with Crippen molar-refractivity contribution in [3.05, 3.63) is 117 Å². The third-order valence-electron chi connectivity index (χ3n) is 5.92. The summed E-state index contributed by atoms with van der Waals surface area (Å²) in [6.07, 6.45) is 0. The van der Waals surface area contributed by atoms with Crippen molar-refractivity contribution in [2.75, 3.05) is 7.11 Å². The zero-order valence-electron chi connectivity index (χ0n) is 18.7. The van der Waals surface area contributed by atoms with E-state index in [0.29, 0.717) is 21.4 Å². The molecule has 0 spiro atoms. The second kappa shape index (κ2) is 8.65. The zero-order valence-corrected chi connectivity index (χ0v) is 19.5. The van der Waals surface area contributed by atoms with Crippen LogP contribution in [0, 0.1) is 18.3 Å². The number of thioether (sulfide) groups is 1. The number of hydrogen-bond donors (Lipinski definition) is 1. The van der Waals surface area contributed by atoms with E-state index in [1.54, 1.807) is 16.2 Å². The van der Waals surface area contributed by atoms with Gasteiger partial charge in [0.05, 0.1) is 46.8 Å². The summed E-state index contributed by atoms with van der Waals surface area (Å²) in [6.45, 7) is 1.99. The summed E-state index contributed by atoms with van der Waals surface area (Å²) >= 11 is 1.26. The van der Waals surface area contributed by atoms with Crippen LogP contribution < -0.4 is 16.2 Å². The fourth-order valence-corrected chi connectivity index (χ4v) is 5.42. The summed E-state index contributed by atoms with van der Waals surface area (Å²) in [4.78, 5) is 14.0. The number of nitrogens with zero attached hydrogens (tertiary/aromatic N) is 3. The highest BCUT2D eigenvalue weighted by molar-refractivity contribution is 8.03. The molecule has 0 fully saturated rings. The van der Waals surface area contributed by atoms with Gasteiger partial charge in [-0.1, -0.05) is 54.2 Å². The van der Waals surface area contributed by atoms with Gasteiger partial charge in [-0.05, 0) is 54.4 Å². The van der Waals surface area contributed by atoms with E-state index in [2.05, 4.69) is 6.07 Å². The number of nitrogens with two attached hydrogens (primary N) is 1. The lowest BCUT2D eigenvalue weighted by Gasteiger charge is -2.25. The van der Waals surface area contributed by atoms with Crippen molar-refractivity contribution >= 4 is 11.8 Å². The van der Waals surface area contributed by atoms with Crippen molar-refractivity contribution in [3.63, 3.8) is 0 Å². The van der Waals surface area contributed by atoms with Gasteiger partial charge in [0.1, 0.15) is 10.8 Å². The molecule has 1 aromatic heterocycles. The minimum Gasteiger partial charge on any atom is -0.497 e. The average Bonchev–Trinajstić information content (AvgIpc) is 3.14. The van der Waals surface area contributed by atoms with E-state index >= 15 is 0 Å². The third kappa shape index (κ3) is 3.49. The molecule has 0 saturated heterocycles. The topological polar surface area (TPSA) is 86.0 Å². The Kier molecular flexibility index (Phi) is 5.52. The van der Waals surface area contributed by atoms with Gasteiger partial charge in [-0.3, -0.25) is 9.13 Å². The largest absolute Gasteiger partial charge is 0.497 e. The van der Waals surface area contributed by atoms with Crippen LogP contribution in [-0.4, -0.2) is 16.2 Å². The summed E-state index contributed by atoms with van der Waals surface area (Å²) in [5.74, 6) is 0.202. The monoisotopic (exact) mass is 466 g/mol. The summed E-state index contributed by atoms with van der Waals surface area (Å²) in [5, 5.41) is 11.2. The van der Waals surface area contributed by atoms with Gasteiger partial charge in [0.15, 0.2) is 0 Å². The van der Waals surface area contributed by atoms with Crippen molar-refractivity contribution in [3.8, 4) is 23.2 Å². The maximum absolute atomic E-state index is 14.0. The SMILES string of the molecule is COc1ccc(C2C(C#N)=C(N)Sc3c2n(-c2ccccc2)c(=O)n3-c2cccc(C)c2)cc1. The number of hydrogen-bond acceptors (Lipinski definition) is 5. The average molecular weight is 467 g/mol. The molecule has 5 rings (SSSR count). The van der Waals surface area contributed by atoms with Crippen LogP contribution in [0.5, 0.6) is 5.75 Å². The van der Waals surface area contributed by atoms with E-state index in [0.717, 1.165) is 28.2 Å². The lowest BCUT2D eigenvalue weighted by atomic mass is 9.88. The van der Waals surface area contributed by atoms with E-state index in [-0.39, 0.29) is 5.69 Å². The molecule has 1 atom stereocenters. The molecule has 0 aliphatic carbocycles. The Bertz CT molecular complexity index is 1510. The zero-order chi connectivity index (χ0) is 23.8. The molecule has 1 unspecified atom stereocenters. The van der Waals surface area contributed by atoms with Crippen molar-refractivity contribution < 1.29 is 4.74 Å². The molecule has 4 aromatic rings. The molecule has 2 heterocycles. The van der Waals surface area contributed by atoms with Crippen molar-refractivity contribution in [1.82, 2.24) is 9.13 Å². The van der Waals surface area contributed by atoms with E-state index in [4.69, 9.17) is 10.5 Å². The predicted molar refractivity (Wildman–Crippen MR) is 134 cm³/mol. The van der Waals surface area contributed by atoms with Gasteiger partial charge >= 0.3 is 5.69 Å². The smallest absolute Gasteiger partial charge is 0.338 e. The Morgan fingerprint density at radius 1 is 0.971 bits per heavy atom. The summed E-state index contributed by atoms with van der Waals surface area (Å²) in [6, 6.07) is 27.1. The molecule has 34 heavy (non-hydrogen) atoms. The van der Waals surface area contributed by atoms with E-state index < -0.39 is 5.92 Å². The van der Waals surface area contributed by atoms with Crippen LogP contribution >= 0.6 is 11.8 Å². The number of benzene rings is 3. The summed E-state index contributed by atoms with van der Waals surface area (Å²) in [7, 11) is 1.61. The van der Waals surface area contributed by atoms with Gasteiger partial charge in [-0.25, -0.2) is 4.79 Å². The van der Waals surface area contributed by atoms with E-state index in [1.165, 1.54) is 11.8 Å². The predicted octanol–water partition coefficient (Wildman–Crippen LogP) is 4.88. The number of aromatic nitrogens is 2. The Morgan fingerprint density at radius 2 is 1.68 bits per heavy atom. The molecule has 7 heteroatoms. The van der Waals surface area contributed by atoms with Crippen LogP contribution in [0.15, 0.2) is 99.3 Å². The van der Waals surface area contributed by atoms with Crippen molar-refractivity contribution in [2.24, 2.45) is 5.73 Å². The molecule has 0 radical (unpaired) electrons.